The number of nitrogens with zero attached hydrogens (tertiary/aromatic N) is 1. The maximum Gasteiger partial charge on any atom is 0.0462 e. The van der Waals surface area contributed by atoms with Gasteiger partial charge in [0, 0.05) is 6.57 Å². The van der Waals surface area contributed by atoms with Crippen LogP contribution in [-0.2, 0) is 0 Å². The zero-order valence-corrected chi connectivity index (χ0v) is 7.61. The van der Waals surface area contributed by atoms with Crippen molar-refractivity contribution in [2.75, 3.05) is 0 Å². The van der Waals surface area contributed by atoms with E-state index < -0.39 is 0 Å². The van der Waals surface area contributed by atoms with Gasteiger partial charge in [-0.3, -0.25) is 0 Å². The molecule has 1 aliphatic carbocycles. The van der Waals surface area contributed by atoms with Crippen molar-refractivity contribution in [2.24, 2.45) is 0 Å². The highest BCUT2D eigenvalue weighted by Gasteiger charge is 2.22. The molecule has 0 atom stereocenters. The minimum atomic E-state index is 0.869. The summed E-state index contributed by atoms with van der Waals surface area (Å²) in [6.45, 7) is 7.22. The molecular formula is C12H13N. The van der Waals surface area contributed by atoms with E-state index in [0.29, 0.717) is 0 Å². The first kappa shape index (κ1) is 9.54. The number of nitriles is 1. The number of hydrogen-bond donors (Lipinski definition) is 0. The van der Waals surface area contributed by atoms with E-state index in [2.05, 4.69) is 37.4 Å². The van der Waals surface area contributed by atoms with E-state index in [1.54, 1.807) is 0 Å². The van der Waals surface area contributed by atoms with Gasteiger partial charge in [-0.25, -0.2) is 5.26 Å². The summed E-state index contributed by atoms with van der Waals surface area (Å²) in [4.78, 5) is 0. The molecule has 1 heteroatoms. The standard InChI is InChI=1S/C11H12.CHN/c1-2-9-3-5-10(6-4-9)11-7-8-11;1-2/h2-6,11H,1,7-8H2;1H. The van der Waals surface area contributed by atoms with Crippen molar-refractivity contribution in [2.45, 2.75) is 18.8 Å². The Bertz CT molecular complexity index is 291. The molecule has 1 fully saturated rings. The van der Waals surface area contributed by atoms with Crippen LogP contribution in [0.25, 0.3) is 6.08 Å². The Balaban J connectivity index is 0.000000396. The highest BCUT2D eigenvalue weighted by Crippen LogP contribution is 2.39. The highest BCUT2D eigenvalue weighted by atomic mass is 14.3. The van der Waals surface area contributed by atoms with Gasteiger partial charge in [0.15, 0.2) is 0 Å². The Labute approximate surface area is 79.3 Å². The lowest BCUT2D eigenvalue weighted by Gasteiger charge is -1.97. The Kier molecular flexibility index (Phi) is 3.28. The molecular weight excluding hydrogens is 158 g/mol. The fourth-order valence-corrected chi connectivity index (χ4v) is 1.32. The van der Waals surface area contributed by atoms with Crippen LogP contribution in [0, 0.1) is 11.8 Å². The molecule has 0 heterocycles. The lowest BCUT2D eigenvalue weighted by atomic mass is 10.1. The molecule has 66 valence electrons. The molecule has 1 aliphatic rings. The fraction of sp³-hybridized carbons (Fsp3) is 0.250. The van der Waals surface area contributed by atoms with E-state index in [4.69, 9.17) is 5.26 Å². The van der Waals surface area contributed by atoms with Crippen LogP contribution in [0.2, 0.25) is 0 Å². The zero-order valence-electron chi connectivity index (χ0n) is 7.61. The molecule has 0 bridgehead atoms. The van der Waals surface area contributed by atoms with Crippen molar-refractivity contribution in [1.82, 2.24) is 0 Å². The average Bonchev–Trinajstić information content (AvgIpc) is 3.05. The molecule has 1 nitrogen and oxygen atoms in total. The van der Waals surface area contributed by atoms with Gasteiger partial charge in [0.25, 0.3) is 0 Å². The van der Waals surface area contributed by atoms with Gasteiger partial charge in [-0.05, 0) is 29.9 Å². The zero-order chi connectivity index (χ0) is 9.68. The van der Waals surface area contributed by atoms with E-state index in [9.17, 15) is 0 Å². The molecule has 13 heavy (non-hydrogen) atoms. The molecule has 0 aliphatic heterocycles. The Morgan fingerprint density at radius 3 is 2.15 bits per heavy atom. The summed E-state index contributed by atoms with van der Waals surface area (Å²) in [5, 5.41) is 6.50. The van der Waals surface area contributed by atoms with E-state index in [1.807, 2.05) is 6.08 Å². The van der Waals surface area contributed by atoms with Gasteiger partial charge >= 0.3 is 0 Å². The molecule has 0 unspecified atom stereocenters. The van der Waals surface area contributed by atoms with Crippen molar-refractivity contribution in [3.63, 3.8) is 0 Å². The van der Waals surface area contributed by atoms with E-state index in [0.717, 1.165) is 5.92 Å². The van der Waals surface area contributed by atoms with Crippen LogP contribution in [0.4, 0.5) is 0 Å². The van der Waals surface area contributed by atoms with Crippen molar-refractivity contribution < 1.29 is 0 Å². The molecule has 1 saturated carbocycles. The first-order valence-corrected chi connectivity index (χ1v) is 4.38. The smallest absolute Gasteiger partial charge is 0.0462 e. The van der Waals surface area contributed by atoms with Crippen molar-refractivity contribution in [3.8, 4) is 6.57 Å². The molecule has 0 radical (unpaired) electrons. The molecule has 0 saturated heterocycles. The normalized spacial score (nSPS) is 14.0. The summed E-state index contributed by atoms with van der Waals surface area (Å²) < 4.78 is 0. The van der Waals surface area contributed by atoms with Gasteiger partial charge in [-0.2, -0.15) is 0 Å². The van der Waals surface area contributed by atoms with Crippen LogP contribution in [0.5, 0.6) is 0 Å². The molecule has 1 aromatic carbocycles. The maximum atomic E-state index is 6.50. The molecule has 2 rings (SSSR count). The molecule has 0 spiro atoms. The van der Waals surface area contributed by atoms with E-state index >= 15 is 0 Å². The molecule has 0 amide bonds. The maximum absolute atomic E-state index is 6.50. The number of rotatable bonds is 2. The van der Waals surface area contributed by atoms with Crippen LogP contribution >= 0.6 is 0 Å². The monoisotopic (exact) mass is 171 g/mol. The molecule has 0 N–H and O–H groups in total. The van der Waals surface area contributed by atoms with Gasteiger partial charge in [0.05, 0.1) is 0 Å². The van der Waals surface area contributed by atoms with Gasteiger partial charge in [0.1, 0.15) is 0 Å². The fourth-order valence-electron chi connectivity index (χ4n) is 1.32. The quantitative estimate of drug-likeness (QED) is 0.669. The minimum Gasteiger partial charge on any atom is -0.202 e. The largest absolute Gasteiger partial charge is 0.202 e. The van der Waals surface area contributed by atoms with Crippen LogP contribution in [0.15, 0.2) is 30.8 Å². The Morgan fingerprint density at radius 2 is 1.77 bits per heavy atom. The third kappa shape index (κ3) is 2.45. The van der Waals surface area contributed by atoms with E-state index in [-0.39, 0.29) is 0 Å². The van der Waals surface area contributed by atoms with Crippen LogP contribution < -0.4 is 0 Å². The average molecular weight is 171 g/mol. The summed E-state index contributed by atoms with van der Waals surface area (Å²) in [7, 11) is 0. The molecule has 1 aromatic rings. The van der Waals surface area contributed by atoms with Crippen LogP contribution in [-0.4, -0.2) is 0 Å². The van der Waals surface area contributed by atoms with Gasteiger partial charge in [-0.1, -0.05) is 36.9 Å². The van der Waals surface area contributed by atoms with Gasteiger partial charge in [-0.15, -0.1) is 0 Å². The third-order valence-corrected chi connectivity index (χ3v) is 2.22. The SMILES string of the molecule is C#N.C=Cc1ccc(C2CC2)cc1. The summed E-state index contributed by atoms with van der Waals surface area (Å²) in [5.41, 5.74) is 2.71. The third-order valence-electron chi connectivity index (χ3n) is 2.22. The summed E-state index contributed by atoms with van der Waals surface area (Å²) in [6.07, 6.45) is 4.65. The second-order valence-electron chi connectivity index (χ2n) is 3.15. The lowest BCUT2D eigenvalue weighted by Crippen LogP contribution is -1.77. The van der Waals surface area contributed by atoms with Crippen LogP contribution in [0.3, 0.4) is 0 Å². The predicted molar refractivity (Wildman–Crippen MR) is 55.2 cm³/mol. The lowest BCUT2D eigenvalue weighted by molar-refractivity contribution is 1.13. The summed E-state index contributed by atoms with van der Waals surface area (Å²) >= 11 is 0. The Hall–Kier alpha value is -1.55. The van der Waals surface area contributed by atoms with E-state index in [1.165, 1.54) is 24.0 Å². The summed E-state index contributed by atoms with van der Waals surface area (Å²) in [5.74, 6) is 0.869. The topological polar surface area (TPSA) is 23.8 Å². The second kappa shape index (κ2) is 4.47. The highest BCUT2D eigenvalue weighted by molar-refractivity contribution is 5.47. The van der Waals surface area contributed by atoms with Crippen molar-refractivity contribution in [1.29, 1.82) is 5.26 Å². The predicted octanol–water partition coefficient (Wildman–Crippen LogP) is 3.35. The number of benzene rings is 1. The van der Waals surface area contributed by atoms with Gasteiger partial charge in [0.2, 0.25) is 0 Å². The first-order chi connectivity index (χ1) is 6.40. The molecule has 0 aromatic heterocycles. The van der Waals surface area contributed by atoms with Crippen molar-refractivity contribution in [3.05, 3.63) is 42.0 Å². The second-order valence-corrected chi connectivity index (χ2v) is 3.15. The Morgan fingerprint density at radius 1 is 1.23 bits per heavy atom. The number of hydrogen-bond acceptors (Lipinski definition) is 1. The first-order valence-electron chi connectivity index (χ1n) is 4.38. The summed E-state index contributed by atoms with van der Waals surface area (Å²) in [6, 6.07) is 8.71. The van der Waals surface area contributed by atoms with Gasteiger partial charge < -0.3 is 0 Å². The van der Waals surface area contributed by atoms with Crippen molar-refractivity contribution >= 4 is 6.08 Å². The van der Waals surface area contributed by atoms with Crippen LogP contribution in [0.1, 0.15) is 29.9 Å². The minimum absolute atomic E-state index is 0.869.